The van der Waals surface area contributed by atoms with E-state index >= 15 is 0 Å². The van der Waals surface area contributed by atoms with E-state index in [-0.39, 0.29) is 51.2 Å². The van der Waals surface area contributed by atoms with Crippen LogP contribution in [0.1, 0.15) is 32.5 Å². The Morgan fingerprint density at radius 1 is 1.20 bits per heavy atom. The number of nitrogens with two attached hydrogens (primary N) is 1. The lowest BCUT2D eigenvalue weighted by atomic mass is 10.1. The number of amides is 3. The van der Waals surface area contributed by atoms with Gasteiger partial charge in [-0.2, -0.15) is 0 Å². The number of ether oxygens (including phenoxy) is 1. The Kier molecular flexibility index (Phi) is 8.93. The highest BCUT2D eigenvalue weighted by atomic mass is 35.5. The Morgan fingerprint density at radius 3 is 2.65 bits per heavy atom. The Morgan fingerprint density at radius 2 is 1.95 bits per heavy atom. The molecule has 40 heavy (non-hydrogen) atoms. The highest BCUT2D eigenvalue weighted by molar-refractivity contribution is 6.36. The Bertz CT molecular complexity index is 1530. The van der Waals surface area contributed by atoms with E-state index in [9.17, 15) is 18.8 Å². The molecule has 0 unspecified atom stereocenters. The van der Waals surface area contributed by atoms with E-state index in [1.54, 1.807) is 0 Å². The number of benzene rings is 2. The molecule has 11 nitrogen and oxygen atoms in total. The predicted octanol–water partition coefficient (Wildman–Crippen LogP) is 1.97. The number of hydrogen-bond acceptors (Lipinski definition) is 8. The van der Waals surface area contributed by atoms with Gasteiger partial charge in [-0.15, -0.1) is 10.2 Å². The quantitative estimate of drug-likeness (QED) is 0.226. The molecule has 15 heteroatoms. The smallest absolute Gasteiger partial charge is 0.337 e. The van der Waals surface area contributed by atoms with Crippen molar-refractivity contribution in [3.8, 4) is 17.8 Å². The third-order valence-corrected chi connectivity index (χ3v) is 6.33. The molecule has 1 fully saturated rings. The van der Waals surface area contributed by atoms with E-state index in [2.05, 4.69) is 32.9 Å². The Hall–Kier alpha value is -4.54. The van der Waals surface area contributed by atoms with Crippen LogP contribution >= 0.6 is 23.2 Å². The lowest BCUT2D eigenvalue weighted by Crippen LogP contribution is -2.49. The minimum absolute atomic E-state index is 0.0208. The number of nitrogens with zero attached hydrogens (tertiary/aromatic N) is 3. The monoisotopic (exact) mass is 584 g/mol. The molecular formula is C25H20BCl2FN6O5. The number of hydrogen-bond donors (Lipinski definition) is 3. The highest BCUT2D eigenvalue weighted by Crippen LogP contribution is 2.36. The van der Waals surface area contributed by atoms with Crippen LogP contribution in [0.3, 0.4) is 0 Å². The van der Waals surface area contributed by atoms with Crippen molar-refractivity contribution in [2.75, 3.05) is 30.7 Å². The van der Waals surface area contributed by atoms with E-state index < -0.39 is 17.8 Å². The summed E-state index contributed by atoms with van der Waals surface area (Å²) in [7, 11) is 1.32. The number of aromatic nitrogens is 2. The first-order valence-corrected chi connectivity index (χ1v) is 12.4. The normalized spacial score (nSPS) is 13.4. The fourth-order valence-electron chi connectivity index (χ4n) is 3.66. The molecule has 3 amide bonds. The molecule has 0 radical (unpaired) electrons. The van der Waals surface area contributed by atoms with Crippen LogP contribution in [0.2, 0.25) is 10.0 Å². The summed E-state index contributed by atoms with van der Waals surface area (Å²) in [6, 6.07) is 9.72. The van der Waals surface area contributed by atoms with Crippen molar-refractivity contribution in [3.63, 3.8) is 0 Å². The van der Waals surface area contributed by atoms with Crippen molar-refractivity contribution < 1.29 is 28.2 Å². The van der Waals surface area contributed by atoms with Crippen molar-refractivity contribution in [2.24, 2.45) is 0 Å². The molecule has 1 aromatic heterocycles. The number of piperazine rings is 1. The number of carbonyl (C=O) groups excluding carboxylic acids is 3. The van der Waals surface area contributed by atoms with Crippen LogP contribution in [0.25, 0.3) is 0 Å². The van der Waals surface area contributed by atoms with Gasteiger partial charge in [0, 0.05) is 36.0 Å². The molecule has 0 bridgehead atoms. The molecular weight excluding hydrogens is 565 g/mol. The summed E-state index contributed by atoms with van der Waals surface area (Å²) < 4.78 is 24.8. The molecule has 0 spiro atoms. The van der Waals surface area contributed by atoms with E-state index in [1.807, 2.05) is 0 Å². The van der Waals surface area contributed by atoms with Gasteiger partial charge in [-0.25, -0.2) is 4.39 Å². The number of halogens is 3. The lowest BCUT2D eigenvalue weighted by molar-refractivity contribution is -0.123. The first kappa shape index (κ1) is 28.5. The molecule has 1 aliphatic rings. The van der Waals surface area contributed by atoms with Crippen LogP contribution in [0.15, 0.2) is 42.5 Å². The van der Waals surface area contributed by atoms with Crippen molar-refractivity contribution in [1.29, 1.82) is 0 Å². The SMILES string of the molecule is BOC#C[C@@H](Oc1cc(C(=O)Nc2ccc(C(=O)N3CCNC(=O)C3)cc2)nnc1N)c1c(Cl)ccc(F)c1Cl. The number of anilines is 2. The number of nitrogen functional groups attached to an aromatic ring is 1. The minimum Gasteiger partial charge on any atom is -0.525 e. The lowest BCUT2D eigenvalue weighted by Gasteiger charge is -2.26. The Balaban J connectivity index is 1.51. The zero-order valence-corrected chi connectivity index (χ0v) is 22.3. The minimum atomic E-state index is -1.24. The van der Waals surface area contributed by atoms with Crippen LogP contribution in [-0.4, -0.2) is 60.5 Å². The number of nitrogens with one attached hydrogen (secondary N) is 2. The summed E-state index contributed by atoms with van der Waals surface area (Å²) in [4.78, 5) is 38.5. The highest BCUT2D eigenvalue weighted by Gasteiger charge is 2.24. The molecule has 2 aromatic carbocycles. The van der Waals surface area contributed by atoms with E-state index in [0.717, 1.165) is 6.07 Å². The van der Waals surface area contributed by atoms with Gasteiger partial charge in [-0.05, 0) is 42.3 Å². The van der Waals surface area contributed by atoms with E-state index in [1.165, 1.54) is 49.3 Å². The molecule has 4 N–H and O–H groups in total. The average molecular weight is 585 g/mol. The molecule has 0 aliphatic carbocycles. The molecule has 204 valence electrons. The second-order valence-electron chi connectivity index (χ2n) is 8.29. The number of carbonyl (C=O) groups is 3. The second kappa shape index (κ2) is 12.5. The summed E-state index contributed by atoms with van der Waals surface area (Å²) in [5.74, 6) is 0.395. The third-order valence-electron chi connectivity index (χ3n) is 5.61. The molecule has 0 saturated carbocycles. The van der Waals surface area contributed by atoms with Gasteiger partial charge < -0.3 is 30.7 Å². The van der Waals surface area contributed by atoms with E-state index in [4.69, 9.17) is 38.3 Å². The molecule has 1 aliphatic heterocycles. The second-order valence-corrected chi connectivity index (χ2v) is 9.08. The first-order valence-electron chi connectivity index (χ1n) is 11.6. The van der Waals surface area contributed by atoms with Crippen LogP contribution in [0.5, 0.6) is 5.75 Å². The Labute approximate surface area is 238 Å². The maximum absolute atomic E-state index is 14.2. The maximum Gasteiger partial charge on any atom is 0.337 e. The average Bonchev–Trinajstić information content (AvgIpc) is 2.94. The summed E-state index contributed by atoms with van der Waals surface area (Å²) in [5.41, 5.74) is 6.48. The predicted molar refractivity (Wildman–Crippen MR) is 147 cm³/mol. The van der Waals surface area contributed by atoms with Crippen LogP contribution < -0.4 is 21.1 Å². The molecule has 2 heterocycles. The summed E-state index contributed by atoms with van der Waals surface area (Å²) >= 11 is 12.3. The summed E-state index contributed by atoms with van der Waals surface area (Å²) in [6.45, 7) is 0.765. The maximum atomic E-state index is 14.2. The zero-order valence-electron chi connectivity index (χ0n) is 20.8. The van der Waals surface area contributed by atoms with Gasteiger partial charge in [0.15, 0.2) is 23.4 Å². The van der Waals surface area contributed by atoms with E-state index in [0.29, 0.717) is 24.3 Å². The number of rotatable bonds is 6. The van der Waals surface area contributed by atoms with Crippen molar-refractivity contribution >= 4 is 60.5 Å². The van der Waals surface area contributed by atoms with Gasteiger partial charge in [-0.3, -0.25) is 14.4 Å². The fraction of sp³-hybridized carbons (Fsp3) is 0.160. The zero-order chi connectivity index (χ0) is 28.8. The van der Waals surface area contributed by atoms with Crippen LogP contribution in [-0.2, 0) is 9.45 Å². The summed E-state index contributed by atoms with van der Waals surface area (Å²) in [6.07, 6.45) is 1.11. The molecule has 1 atom stereocenters. The first-order chi connectivity index (χ1) is 19.2. The van der Waals surface area contributed by atoms with Gasteiger partial charge in [0.25, 0.3) is 11.8 Å². The van der Waals surface area contributed by atoms with Crippen molar-refractivity contribution in [1.82, 2.24) is 20.4 Å². The van der Waals surface area contributed by atoms with Gasteiger partial charge in [0.05, 0.1) is 22.7 Å². The third kappa shape index (κ3) is 6.54. The largest absolute Gasteiger partial charge is 0.525 e. The molecule has 3 aromatic rings. The van der Waals surface area contributed by atoms with Gasteiger partial charge in [0.1, 0.15) is 5.82 Å². The van der Waals surface area contributed by atoms with Gasteiger partial charge in [0.2, 0.25) is 5.91 Å². The van der Waals surface area contributed by atoms with Crippen molar-refractivity contribution in [3.05, 3.63) is 75.1 Å². The summed E-state index contributed by atoms with van der Waals surface area (Å²) in [5, 5.41) is 12.6. The van der Waals surface area contributed by atoms with Crippen molar-refractivity contribution in [2.45, 2.75) is 6.10 Å². The van der Waals surface area contributed by atoms with Gasteiger partial charge in [-0.1, -0.05) is 23.2 Å². The fourth-order valence-corrected chi connectivity index (χ4v) is 4.23. The molecule has 1 saturated heterocycles. The van der Waals surface area contributed by atoms with Gasteiger partial charge >= 0.3 is 8.05 Å². The molecule has 4 rings (SSSR count). The van der Waals surface area contributed by atoms with Crippen LogP contribution in [0, 0.1) is 17.8 Å². The van der Waals surface area contributed by atoms with Crippen LogP contribution in [0.4, 0.5) is 15.9 Å². The standard InChI is InChI=1S/C25H20BCl2FN6O5/c26-39-10-7-18(21-15(27)5-6-16(29)22(21)28)40-19-11-17(33-34-23(19)30)24(37)32-14-3-1-13(2-4-14)25(38)35-9-8-31-20(36)12-35/h1-6,11,18H,8-9,12,26H2,(H2,30,34)(H,31,36)(H,32,37)/t18-/m1/s1. The topological polar surface area (TPSA) is 149 Å².